The average Bonchev–Trinajstić information content (AvgIpc) is 2.76. The third-order valence-corrected chi connectivity index (χ3v) is 3.68. The van der Waals surface area contributed by atoms with E-state index >= 15 is 0 Å². The number of oxazole rings is 1. The number of ether oxygens (including phenoxy) is 1. The van der Waals surface area contributed by atoms with Crippen LogP contribution in [-0.2, 0) is 6.42 Å². The molecule has 1 aromatic heterocycles. The van der Waals surface area contributed by atoms with Crippen LogP contribution < -0.4 is 10.5 Å². The Morgan fingerprint density at radius 1 is 1.20 bits per heavy atom. The zero-order valence-corrected chi connectivity index (χ0v) is 12.8. The summed E-state index contributed by atoms with van der Waals surface area (Å²) in [6.07, 6.45) is 0.661. The predicted molar refractivity (Wildman–Crippen MR) is 80.2 cm³/mol. The summed E-state index contributed by atoms with van der Waals surface area (Å²) in [4.78, 5) is 4.58. The largest absolute Gasteiger partial charge is 0.496 e. The lowest BCUT2D eigenvalue weighted by atomic mass is 9.96. The molecule has 0 fully saturated rings. The zero-order chi connectivity index (χ0) is 14.9. The lowest BCUT2D eigenvalue weighted by Gasteiger charge is -2.14. The van der Waals surface area contributed by atoms with Gasteiger partial charge in [-0.3, -0.25) is 0 Å². The van der Waals surface area contributed by atoms with Crippen LogP contribution in [0.1, 0.15) is 28.3 Å². The topological polar surface area (TPSA) is 61.3 Å². The van der Waals surface area contributed by atoms with E-state index in [-0.39, 0.29) is 0 Å². The van der Waals surface area contributed by atoms with Gasteiger partial charge < -0.3 is 14.9 Å². The van der Waals surface area contributed by atoms with Crippen molar-refractivity contribution in [2.24, 2.45) is 5.73 Å². The predicted octanol–water partition coefficient (Wildman–Crippen LogP) is 3.09. The summed E-state index contributed by atoms with van der Waals surface area (Å²) in [6.45, 7) is 8.69. The van der Waals surface area contributed by atoms with Crippen molar-refractivity contribution in [1.82, 2.24) is 4.98 Å². The van der Waals surface area contributed by atoms with Crippen molar-refractivity contribution in [3.63, 3.8) is 0 Å². The van der Waals surface area contributed by atoms with E-state index in [1.54, 1.807) is 7.11 Å². The highest BCUT2D eigenvalue weighted by molar-refractivity contribution is 5.70. The summed E-state index contributed by atoms with van der Waals surface area (Å²) in [6, 6.07) is 2.11. The standard InChI is InChI=1S/C16H22N2O2/c1-9-8-13(10(2)11(3)16(9)19-5)15-12(4)20-14(18-15)6-7-17/h8H,6-7,17H2,1-5H3. The average molecular weight is 274 g/mol. The minimum Gasteiger partial charge on any atom is -0.496 e. The highest BCUT2D eigenvalue weighted by atomic mass is 16.5. The van der Waals surface area contributed by atoms with Gasteiger partial charge in [-0.05, 0) is 50.5 Å². The second-order valence-corrected chi connectivity index (χ2v) is 5.08. The Morgan fingerprint density at radius 2 is 1.90 bits per heavy atom. The molecule has 108 valence electrons. The second kappa shape index (κ2) is 5.67. The van der Waals surface area contributed by atoms with Crippen LogP contribution in [0.25, 0.3) is 11.3 Å². The van der Waals surface area contributed by atoms with Gasteiger partial charge in [-0.2, -0.15) is 0 Å². The van der Waals surface area contributed by atoms with Crippen LogP contribution in [0.5, 0.6) is 5.75 Å². The highest BCUT2D eigenvalue weighted by Gasteiger charge is 2.17. The Morgan fingerprint density at radius 3 is 2.50 bits per heavy atom. The van der Waals surface area contributed by atoms with E-state index in [0.29, 0.717) is 18.9 Å². The number of methoxy groups -OCH3 is 1. The summed E-state index contributed by atoms with van der Waals surface area (Å²) in [5.41, 5.74) is 11.0. The van der Waals surface area contributed by atoms with E-state index in [2.05, 4.69) is 24.9 Å². The van der Waals surface area contributed by atoms with Crippen molar-refractivity contribution in [2.45, 2.75) is 34.1 Å². The summed E-state index contributed by atoms with van der Waals surface area (Å²) in [5.74, 6) is 2.47. The van der Waals surface area contributed by atoms with E-state index < -0.39 is 0 Å². The van der Waals surface area contributed by atoms with Crippen LogP contribution in [0.2, 0.25) is 0 Å². The molecule has 2 aromatic rings. The fourth-order valence-corrected chi connectivity index (χ4v) is 2.55. The Kier molecular flexibility index (Phi) is 4.14. The normalized spacial score (nSPS) is 10.9. The third-order valence-electron chi connectivity index (χ3n) is 3.68. The van der Waals surface area contributed by atoms with Crippen LogP contribution in [0, 0.1) is 27.7 Å². The van der Waals surface area contributed by atoms with E-state index in [4.69, 9.17) is 14.9 Å². The molecule has 1 aromatic carbocycles. The molecule has 4 heteroatoms. The van der Waals surface area contributed by atoms with Crippen LogP contribution in [0.3, 0.4) is 0 Å². The van der Waals surface area contributed by atoms with E-state index in [1.165, 1.54) is 5.56 Å². The number of nitrogens with two attached hydrogens (primary N) is 1. The van der Waals surface area contributed by atoms with Gasteiger partial charge in [0.2, 0.25) is 0 Å². The second-order valence-electron chi connectivity index (χ2n) is 5.08. The maximum atomic E-state index is 5.68. The molecular formula is C16H22N2O2. The molecule has 4 nitrogen and oxygen atoms in total. The number of hydrogen-bond donors (Lipinski definition) is 1. The molecule has 0 aliphatic rings. The van der Waals surface area contributed by atoms with Gasteiger partial charge in [0.05, 0.1) is 7.11 Å². The molecule has 0 radical (unpaired) electrons. The number of rotatable bonds is 4. The monoisotopic (exact) mass is 274 g/mol. The maximum Gasteiger partial charge on any atom is 0.196 e. The van der Waals surface area contributed by atoms with Crippen molar-refractivity contribution in [2.75, 3.05) is 13.7 Å². The fraction of sp³-hybridized carbons (Fsp3) is 0.438. The quantitative estimate of drug-likeness (QED) is 0.930. The van der Waals surface area contributed by atoms with Gasteiger partial charge in [-0.15, -0.1) is 0 Å². The fourth-order valence-electron chi connectivity index (χ4n) is 2.55. The molecule has 2 N–H and O–H groups in total. The molecule has 0 saturated carbocycles. The summed E-state index contributed by atoms with van der Waals surface area (Å²) in [7, 11) is 1.70. The van der Waals surface area contributed by atoms with E-state index in [9.17, 15) is 0 Å². The minimum absolute atomic E-state index is 0.541. The van der Waals surface area contributed by atoms with Crippen LogP contribution in [0.4, 0.5) is 0 Å². The Bertz CT molecular complexity index is 630. The molecule has 0 saturated heterocycles. The SMILES string of the molecule is COc1c(C)cc(-c2nc(CCN)oc2C)c(C)c1C. The smallest absolute Gasteiger partial charge is 0.196 e. The maximum absolute atomic E-state index is 5.68. The van der Waals surface area contributed by atoms with Gasteiger partial charge in [-0.25, -0.2) is 4.98 Å². The molecule has 0 aliphatic carbocycles. The van der Waals surface area contributed by atoms with Crippen LogP contribution in [0.15, 0.2) is 10.5 Å². The van der Waals surface area contributed by atoms with Crippen molar-refractivity contribution in [1.29, 1.82) is 0 Å². The minimum atomic E-state index is 0.541. The Hall–Kier alpha value is -1.81. The van der Waals surface area contributed by atoms with Gasteiger partial charge >= 0.3 is 0 Å². The van der Waals surface area contributed by atoms with Crippen molar-refractivity contribution >= 4 is 0 Å². The molecule has 1 heterocycles. The first-order valence-electron chi connectivity index (χ1n) is 6.81. The van der Waals surface area contributed by atoms with E-state index in [0.717, 1.165) is 33.9 Å². The number of aromatic nitrogens is 1. The molecule has 0 amide bonds. The number of nitrogens with zero attached hydrogens (tertiary/aromatic N) is 1. The van der Waals surface area contributed by atoms with Crippen molar-refractivity contribution < 1.29 is 9.15 Å². The molecule has 2 rings (SSSR count). The summed E-state index contributed by atoms with van der Waals surface area (Å²) >= 11 is 0. The molecule has 20 heavy (non-hydrogen) atoms. The number of aryl methyl sites for hydroxylation is 2. The molecule has 0 spiro atoms. The van der Waals surface area contributed by atoms with Crippen LogP contribution >= 0.6 is 0 Å². The molecule has 0 atom stereocenters. The molecule has 0 aliphatic heterocycles. The molecule has 0 unspecified atom stereocenters. The first kappa shape index (κ1) is 14.6. The summed E-state index contributed by atoms with van der Waals surface area (Å²) < 4.78 is 11.1. The number of hydrogen-bond acceptors (Lipinski definition) is 4. The van der Waals surface area contributed by atoms with Gasteiger partial charge in [-0.1, -0.05) is 0 Å². The van der Waals surface area contributed by atoms with E-state index in [1.807, 2.05) is 13.8 Å². The van der Waals surface area contributed by atoms with Gasteiger partial charge in [0.1, 0.15) is 17.2 Å². The molecular weight excluding hydrogens is 252 g/mol. The lowest BCUT2D eigenvalue weighted by molar-refractivity contribution is 0.408. The first-order chi connectivity index (χ1) is 9.49. The molecule has 0 bridgehead atoms. The zero-order valence-electron chi connectivity index (χ0n) is 12.8. The third kappa shape index (κ3) is 2.43. The van der Waals surface area contributed by atoms with Gasteiger partial charge in [0.25, 0.3) is 0 Å². The number of benzene rings is 1. The Balaban J connectivity index is 2.58. The van der Waals surface area contributed by atoms with Crippen molar-refractivity contribution in [3.05, 3.63) is 34.4 Å². The first-order valence-corrected chi connectivity index (χ1v) is 6.81. The van der Waals surface area contributed by atoms with Crippen molar-refractivity contribution in [3.8, 4) is 17.0 Å². The summed E-state index contributed by atoms with van der Waals surface area (Å²) in [5, 5.41) is 0. The van der Waals surface area contributed by atoms with Crippen LogP contribution in [-0.4, -0.2) is 18.6 Å². The lowest BCUT2D eigenvalue weighted by Crippen LogP contribution is -2.02. The highest BCUT2D eigenvalue weighted by Crippen LogP contribution is 2.35. The van der Waals surface area contributed by atoms with Gasteiger partial charge in [0.15, 0.2) is 5.89 Å². The van der Waals surface area contributed by atoms with Gasteiger partial charge in [0, 0.05) is 18.5 Å². The Labute approximate surface area is 120 Å².